The van der Waals surface area contributed by atoms with Gasteiger partial charge in [0.1, 0.15) is 0 Å². The van der Waals surface area contributed by atoms with Crippen LogP contribution in [0, 0.1) is 11.8 Å². The topological polar surface area (TPSA) is 29.5 Å². The summed E-state index contributed by atoms with van der Waals surface area (Å²) in [5, 5.41) is 0. The summed E-state index contributed by atoms with van der Waals surface area (Å²) >= 11 is 0. The number of hydrogen-bond donors (Lipinski definition) is 0. The third-order valence-electron chi connectivity index (χ3n) is 4.56. The van der Waals surface area contributed by atoms with Gasteiger partial charge in [-0.05, 0) is 31.6 Å². The van der Waals surface area contributed by atoms with Gasteiger partial charge in [-0.1, -0.05) is 26.2 Å². The van der Waals surface area contributed by atoms with Crippen LogP contribution >= 0.6 is 0 Å². The average Bonchev–Trinajstić information content (AvgIpc) is 2.44. The molecule has 0 N–H and O–H groups in total. The fourth-order valence-electron chi connectivity index (χ4n) is 3.47. The van der Waals surface area contributed by atoms with Crippen LogP contribution in [0.1, 0.15) is 46.0 Å². The van der Waals surface area contributed by atoms with Crippen LogP contribution in [-0.2, 0) is 4.74 Å². The zero-order valence-corrected chi connectivity index (χ0v) is 10.7. The third-order valence-corrected chi connectivity index (χ3v) is 4.56. The minimum absolute atomic E-state index is 0.0424. The standard InChI is InChI=1S/C13H23NO2/c1-10-9-14(12(15)16-3)13(2)7-5-4-6-11(10)8-13/h10-11H,4-9H2,1-3H3. The highest BCUT2D eigenvalue weighted by Gasteiger charge is 2.45. The van der Waals surface area contributed by atoms with Crippen molar-refractivity contribution in [1.29, 1.82) is 0 Å². The molecule has 2 aliphatic rings. The van der Waals surface area contributed by atoms with E-state index in [4.69, 9.17) is 4.74 Å². The predicted octanol–water partition coefficient (Wildman–Crippen LogP) is 3.04. The molecule has 3 heteroatoms. The third kappa shape index (κ3) is 1.92. The van der Waals surface area contributed by atoms with E-state index in [1.807, 2.05) is 4.90 Å². The van der Waals surface area contributed by atoms with E-state index in [2.05, 4.69) is 13.8 Å². The van der Waals surface area contributed by atoms with Gasteiger partial charge < -0.3 is 9.64 Å². The van der Waals surface area contributed by atoms with Crippen molar-refractivity contribution in [3.05, 3.63) is 0 Å². The number of fused-ring (bicyclic) bond motifs is 2. The number of carbonyl (C=O) groups excluding carboxylic acids is 1. The Hall–Kier alpha value is -0.730. The van der Waals surface area contributed by atoms with Crippen molar-refractivity contribution >= 4 is 6.09 Å². The predicted molar refractivity (Wildman–Crippen MR) is 63.3 cm³/mol. The summed E-state index contributed by atoms with van der Waals surface area (Å²) in [5.41, 5.74) is 0.0424. The Morgan fingerprint density at radius 3 is 2.88 bits per heavy atom. The van der Waals surface area contributed by atoms with E-state index in [-0.39, 0.29) is 11.6 Å². The maximum atomic E-state index is 11.8. The molecule has 3 unspecified atom stereocenters. The SMILES string of the molecule is COC(=O)N1CC(C)C2CCCCC1(C)C2. The fraction of sp³-hybridized carbons (Fsp3) is 0.923. The highest BCUT2D eigenvalue weighted by Crippen LogP contribution is 2.43. The van der Waals surface area contributed by atoms with Crippen molar-refractivity contribution in [2.45, 2.75) is 51.5 Å². The second-order valence-electron chi connectivity index (χ2n) is 5.76. The van der Waals surface area contributed by atoms with Crippen molar-refractivity contribution in [3.63, 3.8) is 0 Å². The van der Waals surface area contributed by atoms with Gasteiger partial charge in [-0.15, -0.1) is 0 Å². The quantitative estimate of drug-likeness (QED) is 0.634. The number of piperidine rings is 1. The maximum Gasteiger partial charge on any atom is 0.409 e. The first-order valence-corrected chi connectivity index (χ1v) is 6.42. The lowest BCUT2D eigenvalue weighted by atomic mass is 9.75. The molecule has 0 aromatic heterocycles. The second-order valence-corrected chi connectivity index (χ2v) is 5.76. The zero-order chi connectivity index (χ0) is 11.8. The summed E-state index contributed by atoms with van der Waals surface area (Å²) in [6.07, 6.45) is 6.04. The van der Waals surface area contributed by atoms with Crippen molar-refractivity contribution in [2.24, 2.45) is 11.8 Å². The van der Waals surface area contributed by atoms with Crippen LogP contribution in [0.2, 0.25) is 0 Å². The number of rotatable bonds is 0. The monoisotopic (exact) mass is 225 g/mol. The van der Waals surface area contributed by atoms with Crippen molar-refractivity contribution in [1.82, 2.24) is 4.90 Å². The van der Waals surface area contributed by atoms with E-state index in [0.717, 1.165) is 25.3 Å². The summed E-state index contributed by atoms with van der Waals surface area (Å²) in [5.74, 6) is 1.42. The summed E-state index contributed by atoms with van der Waals surface area (Å²) in [4.78, 5) is 13.8. The lowest BCUT2D eigenvalue weighted by molar-refractivity contribution is 0.00579. The van der Waals surface area contributed by atoms with Gasteiger partial charge in [-0.25, -0.2) is 4.79 Å². The number of likely N-dealkylation sites (tertiary alicyclic amines) is 1. The second kappa shape index (κ2) is 4.27. The summed E-state index contributed by atoms with van der Waals surface area (Å²) in [6.45, 7) is 5.37. The van der Waals surface area contributed by atoms with Crippen LogP contribution < -0.4 is 0 Å². The summed E-state index contributed by atoms with van der Waals surface area (Å²) in [6, 6.07) is 0. The molecule has 2 bridgehead atoms. The summed E-state index contributed by atoms with van der Waals surface area (Å²) < 4.78 is 4.92. The van der Waals surface area contributed by atoms with Crippen molar-refractivity contribution in [2.75, 3.05) is 13.7 Å². The van der Waals surface area contributed by atoms with E-state index in [1.165, 1.54) is 26.4 Å². The van der Waals surface area contributed by atoms with E-state index in [1.54, 1.807) is 0 Å². The Bertz CT molecular complexity index is 279. The molecule has 2 fully saturated rings. The van der Waals surface area contributed by atoms with Gasteiger partial charge in [-0.3, -0.25) is 0 Å². The highest BCUT2D eigenvalue weighted by molar-refractivity contribution is 5.68. The molecule has 16 heavy (non-hydrogen) atoms. The smallest absolute Gasteiger partial charge is 0.409 e. The zero-order valence-electron chi connectivity index (χ0n) is 10.7. The molecular formula is C13H23NO2. The fourth-order valence-corrected chi connectivity index (χ4v) is 3.47. The largest absolute Gasteiger partial charge is 0.453 e. The van der Waals surface area contributed by atoms with Crippen LogP contribution in [-0.4, -0.2) is 30.2 Å². The first-order chi connectivity index (χ1) is 7.57. The van der Waals surface area contributed by atoms with Gasteiger partial charge in [0, 0.05) is 12.1 Å². The maximum absolute atomic E-state index is 11.8. The van der Waals surface area contributed by atoms with Crippen molar-refractivity contribution in [3.8, 4) is 0 Å². The molecule has 1 saturated heterocycles. The number of hydrogen-bond acceptors (Lipinski definition) is 2. The molecule has 1 saturated carbocycles. The number of nitrogens with zero attached hydrogens (tertiary/aromatic N) is 1. The van der Waals surface area contributed by atoms with Gasteiger partial charge in [0.15, 0.2) is 0 Å². The first kappa shape index (κ1) is 11.7. The van der Waals surface area contributed by atoms with Crippen molar-refractivity contribution < 1.29 is 9.53 Å². The Balaban J connectivity index is 2.22. The van der Waals surface area contributed by atoms with Gasteiger partial charge in [0.25, 0.3) is 0 Å². The molecule has 1 aliphatic carbocycles. The Labute approximate surface area is 98.1 Å². The molecule has 0 aromatic carbocycles. The minimum Gasteiger partial charge on any atom is -0.453 e. The molecule has 3 atom stereocenters. The lowest BCUT2D eigenvalue weighted by Crippen LogP contribution is -2.56. The van der Waals surface area contributed by atoms with Gasteiger partial charge in [0.05, 0.1) is 7.11 Å². The Morgan fingerprint density at radius 1 is 1.44 bits per heavy atom. The molecule has 1 aliphatic heterocycles. The average molecular weight is 225 g/mol. The van der Waals surface area contributed by atoms with Crippen LogP contribution in [0.4, 0.5) is 4.79 Å². The molecule has 1 amide bonds. The van der Waals surface area contributed by atoms with E-state index >= 15 is 0 Å². The Kier molecular flexibility index (Phi) is 3.13. The van der Waals surface area contributed by atoms with E-state index < -0.39 is 0 Å². The van der Waals surface area contributed by atoms with E-state index in [9.17, 15) is 4.79 Å². The molecule has 0 spiro atoms. The number of amides is 1. The van der Waals surface area contributed by atoms with Crippen LogP contribution in [0.3, 0.4) is 0 Å². The van der Waals surface area contributed by atoms with Gasteiger partial charge >= 0.3 is 6.09 Å². The first-order valence-electron chi connectivity index (χ1n) is 6.42. The number of carbonyl (C=O) groups is 1. The normalized spacial score (nSPS) is 39.1. The number of ether oxygens (including phenoxy) is 1. The van der Waals surface area contributed by atoms with E-state index in [0.29, 0.717) is 5.92 Å². The highest BCUT2D eigenvalue weighted by atomic mass is 16.5. The molecule has 2 rings (SSSR count). The molecule has 0 radical (unpaired) electrons. The summed E-state index contributed by atoms with van der Waals surface area (Å²) in [7, 11) is 1.49. The van der Waals surface area contributed by atoms with Crippen LogP contribution in [0.15, 0.2) is 0 Å². The molecule has 3 nitrogen and oxygen atoms in total. The molecular weight excluding hydrogens is 202 g/mol. The Morgan fingerprint density at radius 2 is 2.19 bits per heavy atom. The molecule has 0 aromatic rings. The lowest BCUT2D eigenvalue weighted by Gasteiger charge is -2.48. The van der Waals surface area contributed by atoms with Crippen LogP contribution in [0.25, 0.3) is 0 Å². The molecule has 1 heterocycles. The van der Waals surface area contributed by atoms with Gasteiger partial charge in [-0.2, -0.15) is 0 Å². The van der Waals surface area contributed by atoms with Gasteiger partial charge in [0.2, 0.25) is 0 Å². The minimum atomic E-state index is -0.144. The number of methoxy groups -OCH3 is 1. The van der Waals surface area contributed by atoms with Crippen LogP contribution in [0.5, 0.6) is 0 Å². The molecule has 92 valence electrons.